The molecule has 0 heterocycles. The molecule has 0 spiro atoms. The van der Waals surface area contributed by atoms with E-state index in [0.29, 0.717) is 5.88 Å². The maximum Gasteiger partial charge on any atom is 0.0625 e. The Morgan fingerprint density at radius 3 is 2.45 bits per heavy atom. The number of halogens is 1. The molecule has 0 aromatic heterocycles. The molecule has 0 saturated carbocycles. The zero-order valence-corrected chi connectivity index (χ0v) is 8.01. The Labute approximate surface area is 74.1 Å². The van der Waals surface area contributed by atoms with E-state index < -0.39 is 0 Å². The Hall–Kier alpha value is -0.0100. The fourth-order valence-corrected chi connectivity index (χ4v) is 1.34. The highest BCUT2D eigenvalue weighted by molar-refractivity contribution is 6.17. The number of aliphatic hydroxyl groups excluding tert-OH is 1. The molecule has 0 fully saturated rings. The second-order valence-corrected chi connectivity index (χ2v) is 3.42. The van der Waals surface area contributed by atoms with Crippen LogP contribution in [0.4, 0.5) is 0 Å². The van der Waals surface area contributed by atoms with Crippen molar-refractivity contribution in [3.63, 3.8) is 0 Å². The van der Waals surface area contributed by atoms with E-state index in [1.54, 1.807) is 6.08 Å². The van der Waals surface area contributed by atoms with E-state index >= 15 is 0 Å². The van der Waals surface area contributed by atoms with Gasteiger partial charge in [-0.2, -0.15) is 0 Å². The van der Waals surface area contributed by atoms with Crippen LogP contribution >= 0.6 is 11.6 Å². The molecule has 3 unspecified atom stereocenters. The Morgan fingerprint density at radius 1 is 1.55 bits per heavy atom. The smallest absolute Gasteiger partial charge is 0.0625 e. The lowest BCUT2D eigenvalue weighted by Gasteiger charge is -2.21. The monoisotopic (exact) mass is 176 g/mol. The zero-order valence-electron chi connectivity index (χ0n) is 7.26. The van der Waals surface area contributed by atoms with Crippen molar-refractivity contribution in [2.45, 2.75) is 26.4 Å². The van der Waals surface area contributed by atoms with Crippen molar-refractivity contribution in [3.8, 4) is 0 Å². The second kappa shape index (κ2) is 5.62. The Morgan fingerprint density at radius 2 is 2.09 bits per heavy atom. The molecule has 0 aliphatic carbocycles. The quantitative estimate of drug-likeness (QED) is 0.504. The molecule has 0 aliphatic rings. The van der Waals surface area contributed by atoms with E-state index in [0.717, 1.165) is 6.42 Å². The summed E-state index contributed by atoms with van der Waals surface area (Å²) in [6.07, 6.45) is 2.34. The van der Waals surface area contributed by atoms with Crippen molar-refractivity contribution in [1.82, 2.24) is 0 Å². The summed E-state index contributed by atoms with van der Waals surface area (Å²) < 4.78 is 0. The Balaban J connectivity index is 3.79. The van der Waals surface area contributed by atoms with Gasteiger partial charge in [0.05, 0.1) is 6.10 Å². The molecule has 11 heavy (non-hydrogen) atoms. The van der Waals surface area contributed by atoms with E-state index in [9.17, 15) is 5.11 Å². The van der Waals surface area contributed by atoms with Crippen molar-refractivity contribution >= 4 is 11.6 Å². The minimum Gasteiger partial charge on any atom is -0.392 e. The van der Waals surface area contributed by atoms with Gasteiger partial charge in [0, 0.05) is 5.88 Å². The van der Waals surface area contributed by atoms with E-state index in [4.69, 9.17) is 11.6 Å². The highest BCUT2D eigenvalue weighted by Crippen LogP contribution is 2.17. The minimum atomic E-state index is -0.300. The molecule has 0 radical (unpaired) electrons. The predicted octanol–water partition coefficient (Wildman–Crippen LogP) is 2.43. The van der Waals surface area contributed by atoms with Crippen LogP contribution in [0.25, 0.3) is 0 Å². The highest BCUT2D eigenvalue weighted by Gasteiger charge is 2.17. The maximum absolute atomic E-state index is 9.59. The zero-order chi connectivity index (χ0) is 8.85. The third kappa shape index (κ3) is 3.78. The lowest BCUT2D eigenvalue weighted by molar-refractivity contribution is 0.0818. The predicted molar refractivity (Wildman–Crippen MR) is 49.9 cm³/mol. The van der Waals surface area contributed by atoms with Crippen molar-refractivity contribution in [2.24, 2.45) is 11.8 Å². The van der Waals surface area contributed by atoms with Crippen LogP contribution < -0.4 is 0 Å². The molecule has 0 saturated heterocycles. The molecule has 1 N–H and O–H groups in total. The largest absolute Gasteiger partial charge is 0.392 e. The molecule has 0 aliphatic heterocycles. The second-order valence-electron chi connectivity index (χ2n) is 3.04. The molecule has 0 rings (SSSR count). The van der Waals surface area contributed by atoms with E-state index in [1.807, 2.05) is 13.8 Å². The van der Waals surface area contributed by atoms with Crippen molar-refractivity contribution in [3.05, 3.63) is 12.7 Å². The van der Waals surface area contributed by atoms with Gasteiger partial charge in [-0.15, -0.1) is 18.2 Å². The SMILES string of the molecule is C=CC(C)C(O)C(C)CCCl. The van der Waals surface area contributed by atoms with Crippen LogP contribution in [0, 0.1) is 11.8 Å². The molecule has 66 valence electrons. The Bertz CT molecular complexity index is 114. The first kappa shape index (κ1) is 11.0. The third-order valence-corrected chi connectivity index (χ3v) is 2.28. The number of aliphatic hydroxyl groups is 1. The standard InChI is InChI=1S/C9H17ClO/c1-4-7(2)9(11)8(3)5-6-10/h4,7-9,11H,1,5-6H2,2-3H3. The summed E-state index contributed by atoms with van der Waals surface area (Å²) in [6.45, 7) is 7.60. The number of hydrogen-bond donors (Lipinski definition) is 1. The van der Waals surface area contributed by atoms with Crippen LogP contribution in [0.2, 0.25) is 0 Å². The summed E-state index contributed by atoms with van der Waals surface area (Å²) in [6, 6.07) is 0. The molecule has 0 bridgehead atoms. The number of hydrogen-bond acceptors (Lipinski definition) is 1. The van der Waals surface area contributed by atoms with Crippen molar-refractivity contribution < 1.29 is 5.11 Å². The third-order valence-electron chi connectivity index (χ3n) is 2.06. The van der Waals surface area contributed by atoms with Gasteiger partial charge in [-0.1, -0.05) is 19.9 Å². The fraction of sp³-hybridized carbons (Fsp3) is 0.778. The van der Waals surface area contributed by atoms with Gasteiger partial charge in [-0.05, 0) is 18.3 Å². The fourth-order valence-electron chi connectivity index (χ4n) is 1.00. The van der Waals surface area contributed by atoms with Crippen LogP contribution in [0.15, 0.2) is 12.7 Å². The first-order valence-electron chi connectivity index (χ1n) is 4.00. The average molecular weight is 177 g/mol. The highest BCUT2D eigenvalue weighted by atomic mass is 35.5. The van der Waals surface area contributed by atoms with Crippen LogP contribution in [0.5, 0.6) is 0 Å². The van der Waals surface area contributed by atoms with E-state index in [-0.39, 0.29) is 17.9 Å². The van der Waals surface area contributed by atoms with Gasteiger partial charge in [-0.3, -0.25) is 0 Å². The number of alkyl halides is 1. The first-order valence-corrected chi connectivity index (χ1v) is 4.53. The summed E-state index contributed by atoms with van der Waals surface area (Å²) in [4.78, 5) is 0. The van der Waals surface area contributed by atoms with Crippen LogP contribution in [-0.2, 0) is 0 Å². The summed E-state index contributed by atoms with van der Waals surface area (Å²) in [5, 5.41) is 9.59. The minimum absolute atomic E-state index is 0.160. The molecule has 2 heteroatoms. The van der Waals surface area contributed by atoms with Gasteiger partial charge in [0.2, 0.25) is 0 Å². The summed E-state index contributed by atoms with van der Waals surface area (Å²) in [5.41, 5.74) is 0. The topological polar surface area (TPSA) is 20.2 Å². The van der Waals surface area contributed by atoms with Crippen LogP contribution in [0.1, 0.15) is 20.3 Å². The average Bonchev–Trinajstić information content (AvgIpc) is 2.02. The van der Waals surface area contributed by atoms with Gasteiger partial charge < -0.3 is 5.11 Å². The van der Waals surface area contributed by atoms with Crippen molar-refractivity contribution in [1.29, 1.82) is 0 Å². The van der Waals surface area contributed by atoms with Gasteiger partial charge >= 0.3 is 0 Å². The lowest BCUT2D eigenvalue weighted by atomic mass is 9.92. The maximum atomic E-state index is 9.59. The Kier molecular flexibility index (Phi) is 5.61. The first-order chi connectivity index (χ1) is 5.13. The molecule has 0 aromatic rings. The number of rotatable bonds is 5. The van der Waals surface area contributed by atoms with Gasteiger partial charge in [0.1, 0.15) is 0 Å². The van der Waals surface area contributed by atoms with Gasteiger partial charge in [0.25, 0.3) is 0 Å². The lowest BCUT2D eigenvalue weighted by Crippen LogP contribution is -2.24. The van der Waals surface area contributed by atoms with Gasteiger partial charge in [0.15, 0.2) is 0 Å². The molecule has 0 amide bonds. The van der Waals surface area contributed by atoms with Crippen LogP contribution in [0.3, 0.4) is 0 Å². The van der Waals surface area contributed by atoms with E-state index in [1.165, 1.54) is 0 Å². The normalized spacial score (nSPS) is 18.9. The van der Waals surface area contributed by atoms with Crippen LogP contribution in [-0.4, -0.2) is 17.1 Å². The molecule has 1 nitrogen and oxygen atoms in total. The summed E-state index contributed by atoms with van der Waals surface area (Å²) in [7, 11) is 0. The van der Waals surface area contributed by atoms with E-state index in [2.05, 4.69) is 6.58 Å². The van der Waals surface area contributed by atoms with Crippen molar-refractivity contribution in [2.75, 3.05) is 5.88 Å². The molecule has 0 aromatic carbocycles. The van der Waals surface area contributed by atoms with Gasteiger partial charge in [-0.25, -0.2) is 0 Å². The summed E-state index contributed by atoms with van der Waals surface area (Å²) in [5.74, 6) is 1.04. The summed E-state index contributed by atoms with van der Waals surface area (Å²) >= 11 is 5.55. The molecular weight excluding hydrogens is 160 g/mol. The molecular formula is C9H17ClO. The molecule has 3 atom stereocenters.